The molecular formula is C33H33F2N5O3. The van der Waals surface area contributed by atoms with Gasteiger partial charge in [0.1, 0.15) is 23.2 Å². The number of fused-ring (bicyclic) bond motifs is 1. The maximum Gasteiger partial charge on any atom is 0.264 e. The molecule has 43 heavy (non-hydrogen) atoms. The fourth-order valence-corrected chi connectivity index (χ4v) is 6.10. The van der Waals surface area contributed by atoms with E-state index < -0.39 is 17.7 Å². The predicted octanol–water partition coefficient (Wildman–Crippen LogP) is 4.78. The Bertz CT molecular complexity index is 1750. The van der Waals surface area contributed by atoms with Gasteiger partial charge in [0.05, 0.1) is 29.1 Å². The zero-order valence-corrected chi connectivity index (χ0v) is 24.0. The van der Waals surface area contributed by atoms with Gasteiger partial charge in [-0.05, 0) is 48.7 Å². The summed E-state index contributed by atoms with van der Waals surface area (Å²) >= 11 is 0. The highest BCUT2D eigenvalue weighted by atomic mass is 19.1. The van der Waals surface area contributed by atoms with Crippen LogP contribution in [-0.4, -0.2) is 52.2 Å². The molecule has 8 nitrogen and oxygen atoms in total. The molecule has 1 aliphatic heterocycles. The molecule has 6 rings (SSSR count). The van der Waals surface area contributed by atoms with Crippen molar-refractivity contribution < 1.29 is 18.4 Å². The molecule has 0 bridgehead atoms. The van der Waals surface area contributed by atoms with Gasteiger partial charge in [-0.2, -0.15) is 0 Å². The van der Waals surface area contributed by atoms with Gasteiger partial charge in [0, 0.05) is 57.4 Å². The third-order valence-electron chi connectivity index (χ3n) is 8.39. The third kappa shape index (κ3) is 6.06. The van der Waals surface area contributed by atoms with Crippen molar-refractivity contribution in [3.8, 4) is 0 Å². The summed E-state index contributed by atoms with van der Waals surface area (Å²) in [6.07, 6.45) is 0.453. The zero-order valence-electron chi connectivity index (χ0n) is 24.0. The van der Waals surface area contributed by atoms with Crippen LogP contribution in [0, 0.1) is 18.6 Å². The molecule has 0 amide bonds. The molecule has 4 aromatic rings. The van der Waals surface area contributed by atoms with Crippen molar-refractivity contribution in [3.05, 3.63) is 99.6 Å². The molecule has 1 unspecified atom stereocenters. The summed E-state index contributed by atoms with van der Waals surface area (Å²) in [5, 5.41) is 3.80. The van der Waals surface area contributed by atoms with Crippen molar-refractivity contribution in [2.24, 2.45) is 0 Å². The fourth-order valence-electron chi connectivity index (χ4n) is 6.10. The highest BCUT2D eigenvalue weighted by molar-refractivity contribution is 6.03. The summed E-state index contributed by atoms with van der Waals surface area (Å²) in [5.41, 5.74) is 3.55. The van der Waals surface area contributed by atoms with Crippen LogP contribution >= 0.6 is 0 Å². The number of Topliss-reactive ketones (excluding diaryl/α,β-unsaturated/α-hetero) is 2. The molecule has 3 aromatic carbocycles. The number of carbonyl (C=O) groups excluding carboxylic acids is 2. The molecule has 1 aliphatic carbocycles. The Hall–Kier alpha value is -4.44. The van der Waals surface area contributed by atoms with Crippen LogP contribution in [0.5, 0.6) is 0 Å². The van der Waals surface area contributed by atoms with Crippen molar-refractivity contribution in [1.82, 2.24) is 14.5 Å². The first-order chi connectivity index (χ1) is 20.8. The Morgan fingerprint density at radius 3 is 2.40 bits per heavy atom. The Labute approximate surface area is 247 Å². The number of aromatic nitrogens is 2. The zero-order chi connectivity index (χ0) is 30.1. The Kier molecular flexibility index (Phi) is 8.03. The van der Waals surface area contributed by atoms with E-state index in [1.54, 1.807) is 13.0 Å². The molecule has 1 saturated heterocycles. The quantitative estimate of drug-likeness (QED) is 0.313. The number of nitrogens with one attached hydrogen (secondary N) is 1. The standard InChI is InChI=1S/C33H33F2N5O3/c1-21-37-28-4-2-3-27(32(28)33(43)40(21)30-12-10-25(41)18-31(30)42)36-19-22-5-7-23(8-6-22)20-38-13-15-39(16-14-38)29-11-9-24(34)17-26(29)35/h2-9,11,17,30,36H,10,12-16,18-20H2,1H3. The van der Waals surface area contributed by atoms with E-state index in [4.69, 9.17) is 0 Å². The summed E-state index contributed by atoms with van der Waals surface area (Å²) < 4.78 is 28.9. The van der Waals surface area contributed by atoms with Gasteiger partial charge in [-0.25, -0.2) is 13.8 Å². The number of rotatable bonds is 7. The van der Waals surface area contributed by atoms with Crippen LogP contribution < -0.4 is 15.8 Å². The van der Waals surface area contributed by atoms with Gasteiger partial charge < -0.3 is 10.2 Å². The number of piperazine rings is 1. The van der Waals surface area contributed by atoms with Gasteiger partial charge in [0.2, 0.25) is 0 Å². The van der Waals surface area contributed by atoms with E-state index in [1.807, 2.05) is 17.0 Å². The van der Waals surface area contributed by atoms with Crippen molar-refractivity contribution in [1.29, 1.82) is 0 Å². The van der Waals surface area contributed by atoms with Crippen LogP contribution in [0.25, 0.3) is 10.9 Å². The van der Waals surface area contributed by atoms with Crippen LogP contribution in [-0.2, 0) is 22.7 Å². The highest BCUT2D eigenvalue weighted by Crippen LogP contribution is 2.26. The van der Waals surface area contributed by atoms with Crippen molar-refractivity contribution in [3.63, 3.8) is 0 Å². The van der Waals surface area contributed by atoms with Crippen molar-refractivity contribution in [2.75, 3.05) is 36.4 Å². The monoisotopic (exact) mass is 585 g/mol. The molecule has 10 heteroatoms. The van der Waals surface area contributed by atoms with E-state index in [0.29, 0.717) is 54.2 Å². The summed E-state index contributed by atoms with van der Waals surface area (Å²) in [6, 6.07) is 16.8. The molecule has 2 fully saturated rings. The summed E-state index contributed by atoms with van der Waals surface area (Å²) in [7, 11) is 0. The van der Waals surface area contributed by atoms with E-state index in [1.165, 1.54) is 16.7 Å². The average Bonchev–Trinajstić information content (AvgIpc) is 2.98. The molecule has 0 radical (unpaired) electrons. The van der Waals surface area contributed by atoms with Gasteiger partial charge >= 0.3 is 0 Å². The normalized spacial score (nSPS) is 17.9. The van der Waals surface area contributed by atoms with E-state index >= 15 is 0 Å². The van der Waals surface area contributed by atoms with Gasteiger partial charge in [0.25, 0.3) is 5.56 Å². The Balaban J connectivity index is 1.10. The van der Waals surface area contributed by atoms with Crippen LogP contribution in [0.1, 0.15) is 42.3 Å². The van der Waals surface area contributed by atoms with Crippen molar-refractivity contribution >= 4 is 33.8 Å². The fraction of sp³-hybridized carbons (Fsp3) is 0.333. The molecule has 0 spiro atoms. The van der Waals surface area contributed by atoms with E-state index in [-0.39, 0.29) is 30.0 Å². The number of halogens is 2. The first-order valence-electron chi connectivity index (χ1n) is 14.6. The predicted molar refractivity (Wildman–Crippen MR) is 161 cm³/mol. The van der Waals surface area contributed by atoms with E-state index in [9.17, 15) is 23.2 Å². The Morgan fingerprint density at radius 1 is 0.930 bits per heavy atom. The smallest absolute Gasteiger partial charge is 0.264 e. The molecule has 222 valence electrons. The number of ketones is 2. The molecular weight excluding hydrogens is 552 g/mol. The molecule has 1 saturated carbocycles. The topological polar surface area (TPSA) is 87.5 Å². The summed E-state index contributed by atoms with van der Waals surface area (Å²) in [4.78, 5) is 46.9. The molecule has 1 N–H and O–H groups in total. The second-order valence-corrected chi connectivity index (χ2v) is 11.3. The molecule has 1 atom stereocenters. The largest absolute Gasteiger partial charge is 0.380 e. The first kappa shape index (κ1) is 28.7. The minimum absolute atomic E-state index is 0.0878. The summed E-state index contributed by atoms with van der Waals surface area (Å²) in [6.45, 7) is 5.86. The Morgan fingerprint density at radius 2 is 1.67 bits per heavy atom. The lowest BCUT2D eigenvalue weighted by Gasteiger charge is -2.36. The van der Waals surface area contributed by atoms with Crippen LogP contribution in [0.2, 0.25) is 0 Å². The number of benzene rings is 3. The minimum Gasteiger partial charge on any atom is -0.380 e. The second-order valence-electron chi connectivity index (χ2n) is 11.3. The molecule has 1 aromatic heterocycles. The number of hydrogen-bond acceptors (Lipinski definition) is 7. The first-order valence-corrected chi connectivity index (χ1v) is 14.6. The maximum atomic E-state index is 14.2. The van der Waals surface area contributed by atoms with Gasteiger partial charge in [-0.3, -0.25) is 23.9 Å². The summed E-state index contributed by atoms with van der Waals surface area (Å²) in [5.74, 6) is -0.970. The van der Waals surface area contributed by atoms with E-state index in [0.717, 1.165) is 36.8 Å². The average molecular weight is 586 g/mol. The van der Waals surface area contributed by atoms with Gasteiger partial charge in [-0.15, -0.1) is 0 Å². The number of hydrogen-bond donors (Lipinski definition) is 1. The van der Waals surface area contributed by atoms with Gasteiger partial charge in [-0.1, -0.05) is 30.3 Å². The highest BCUT2D eigenvalue weighted by Gasteiger charge is 2.31. The number of carbonyl (C=O) groups is 2. The lowest BCUT2D eigenvalue weighted by Crippen LogP contribution is -2.46. The van der Waals surface area contributed by atoms with E-state index in [2.05, 4.69) is 39.5 Å². The third-order valence-corrected chi connectivity index (χ3v) is 8.39. The van der Waals surface area contributed by atoms with Crippen LogP contribution in [0.4, 0.5) is 20.2 Å². The second kappa shape index (κ2) is 12.0. The van der Waals surface area contributed by atoms with Crippen LogP contribution in [0.3, 0.4) is 0 Å². The maximum absolute atomic E-state index is 14.2. The number of anilines is 2. The molecule has 2 heterocycles. The minimum atomic E-state index is -0.672. The SMILES string of the molecule is Cc1nc2cccc(NCc3ccc(CN4CCN(c5ccc(F)cc5F)CC4)cc3)c2c(=O)n1C1CCC(=O)CC1=O. The van der Waals surface area contributed by atoms with Gasteiger partial charge in [0.15, 0.2) is 5.78 Å². The lowest BCUT2D eigenvalue weighted by molar-refractivity contribution is -0.132. The molecule has 2 aliphatic rings. The van der Waals surface area contributed by atoms with Crippen LogP contribution in [0.15, 0.2) is 65.5 Å². The number of nitrogens with zero attached hydrogens (tertiary/aromatic N) is 4. The number of aryl methyl sites for hydroxylation is 1. The lowest BCUT2D eigenvalue weighted by atomic mass is 9.92. The van der Waals surface area contributed by atoms with Crippen molar-refractivity contribution in [2.45, 2.75) is 45.3 Å².